The first-order valence-electron chi connectivity index (χ1n) is 9.85. The number of carbonyl (C=O) groups excluding carboxylic acids is 1. The van der Waals surface area contributed by atoms with E-state index in [1.807, 2.05) is 12.1 Å². The van der Waals surface area contributed by atoms with E-state index in [0.29, 0.717) is 35.8 Å². The van der Waals surface area contributed by atoms with Crippen molar-refractivity contribution in [1.29, 1.82) is 0 Å². The number of nitrogens with one attached hydrogen (secondary N) is 3. The first-order chi connectivity index (χ1) is 14.1. The Labute approximate surface area is 167 Å². The zero-order valence-corrected chi connectivity index (χ0v) is 16.0. The highest BCUT2D eigenvalue weighted by Crippen LogP contribution is 2.24. The van der Waals surface area contributed by atoms with Crippen LogP contribution in [0.3, 0.4) is 0 Å². The highest BCUT2D eigenvalue weighted by molar-refractivity contribution is 5.94. The molecular formula is C22H23N3O4. The number of hydrogen-bond donors (Lipinski definition) is 3. The Kier molecular flexibility index (Phi) is 5.46. The molecule has 1 heterocycles. The fourth-order valence-corrected chi connectivity index (χ4v) is 3.62. The van der Waals surface area contributed by atoms with E-state index < -0.39 is 10.9 Å². The number of rotatable bonds is 8. The molecule has 150 valence electrons. The van der Waals surface area contributed by atoms with Crippen molar-refractivity contribution < 1.29 is 9.21 Å². The van der Waals surface area contributed by atoms with Crippen LogP contribution < -0.4 is 26.8 Å². The lowest BCUT2D eigenvalue weighted by Gasteiger charge is -2.18. The van der Waals surface area contributed by atoms with E-state index in [9.17, 15) is 14.4 Å². The summed E-state index contributed by atoms with van der Waals surface area (Å²) < 4.78 is 5.19. The molecular weight excluding hydrogens is 370 g/mol. The van der Waals surface area contributed by atoms with Crippen LogP contribution in [0.4, 0.5) is 11.4 Å². The average molecular weight is 393 g/mol. The summed E-state index contributed by atoms with van der Waals surface area (Å²) in [5, 5.41) is 9.08. The molecule has 0 radical (unpaired) electrons. The predicted octanol–water partition coefficient (Wildman–Crippen LogP) is 2.77. The molecule has 0 atom stereocenters. The molecule has 0 unspecified atom stereocenters. The second-order valence-corrected chi connectivity index (χ2v) is 7.35. The van der Waals surface area contributed by atoms with E-state index in [4.69, 9.17) is 4.42 Å². The second-order valence-electron chi connectivity index (χ2n) is 7.35. The van der Waals surface area contributed by atoms with Gasteiger partial charge in [0.05, 0.1) is 12.8 Å². The van der Waals surface area contributed by atoms with E-state index in [-0.39, 0.29) is 11.9 Å². The number of carbonyl (C=O) groups is 1. The molecule has 0 aliphatic heterocycles. The molecule has 1 aliphatic carbocycles. The Balaban J connectivity index is 1.32. The smallest absolute Gasteiger partial charge is 0.253 e. The first-order valence-corrected chi connectivity index (χ1v) is 9.85. The molecule has 3 aromatic rings. The number of hydrogen-bond acceptors (Lipinski definition) is 6. The highest BCUT2D eigenvalue weighted by atomic mass is 16.3. The number of anilines is 2. The van der Waals surface area contributed by atoms with Gasteiger partial charge >= 0.3 is 0 Å². The SMILES string of the molecule is O=C(NCc1ccco1)c1ccc(CNc2c(NC3CCCC3)c(=O)c2=O)cc1. The van der Waals surface area contributed by atoms with Gasteiger partial charge in [-0.15, -0.1) is 0 Å². The van der Waals surface area contributed by atoms with Crippen LogP contribution in [0.15, 0.2) is 56.7 Å². The summed E-state index contributed by atoms with van der Waals surface area (Å²) in [5.41, 5.74) is 1.31. The summed E-state index contributed by atoms with van der Waals surface area (Å²) in [5.74, 6) is 0.501. The van der Waals surface area contributed by atoms with Gasteiger partial charge in [-0.2, -0.15) is 0 Å². The van der Waals surface area contributed by atoms with Gasteiger partial charge in [0, 0.05) is 18.2 Å². The fourth-order valence-electron chi connectivity index (χ4n) is 3.62. The van der Waals surface area contributed by atoms with Gasteiger partial charge in [-0.05, 0) is 42.7 Å². The molecule has 1 aromatic heterocycles. The summed E-state index contributed by atoms with van der Waals surface area (Å²) >= 11 is 0. The molecule has 1 saturated carbocycles. The summed E-state index contributed by atoms with van der Waals surface area (Å²) in [7, 11) is 0. The third-order valence-corrected chi connectivity index (χ3v) is 5.30. The van der Waals surface area contributed by atoms with Gasteiger partial charge in [-0.1, -0.05) is 25.0 Å². The average Bonchev–Trinajstić information content (AvgIpc) is 3.45. The Morgan fingerprint density at radius 1 is 0.966 bits per heavy atom. The largest absolute Gasteiger partial charge is 0.467 e. The standard InChI is InChI=1S/C22H23N3O4/c26-20-18(19(21(20)27)25-16-4-1-2-5-16)23-12-14-7-9-15(10-8-14)22(28)24-13-17-6-3-11-29-17/h3,6-11,16,23,25H,1-2,4-5,12-13H2,(H,24,28). The number of amides is 1. The van der Waals surface area contributed by atoms with Gasteiger partial charge < -0.3 is 20.4 Å². The third kappa shape index (κ3) is 4.23. The van der Waals surface area contributed by atoms with E-state index in [0.717, 1.165) is 31.2 Å². The van der Waals surface area contributed by atoms with Gasteiger partial charge in [0.1, 0.15) is 17.1 Å². The maximum absolute atomic E-state index is 12.2. The highest BCUT2D eigenvalue weighted by Gasteiger charge is 2.24. The fraction of sp³-hybridized carbons (Fsp3) is 0.318. The molecule has 29 heavy (non-hydrogen) atoms. The zero-order valence-electron chi connectivity index (χ0n) is 16.0. The molecule has 4 rings (SSSR count). The Morgan fingerprint density at radius 2 is 1.69 bits per heavy atom. The van der Waals surface area contributed by atoms with Crippen LogP contribution in [0.1, 0.15) is 47.4 Å². The first kappa shape index (κ1) is 19.0. The van der Waals surface area contributed by atoms with Crippen molar-refractivity contribution in [3.8, 4) is 0 Å². The molecule has 0 saturated heterocycles. The summed E-state index contributed by atoms with van der Waals surface area (Å²) in [6.45, 7) is 0.731. The van der Waals surface area contributed by atoms with Crippen molar-refractivity contribution in [2.45, 2.75) is 44.8 Å². The van der Waals surface area contributed by atoms with Gasteiger partial charge in [-0.25, -0.2) is 0 Å². The molecule has 0 spiro atoms. The molecule has 2 aromatic carbocycles. The van der Waals surface area contributed by atoms with E-state index in [1.165, 1.54) is 0 Å². The van der Waals surface area contributed by atoms with E-state index in [2.05, 4.69) is 16.0 Å². The predicted molar refractivity (Wildman–Crippen MR) is 111 cm³/mol. The topological polar surface area (TPSA) is 100 Å². The minimum absolute atomic E-state index is 0.188. The number of benzene rings is 1. The lowest BCUT2D eigenvalue weighted by atomic mass is 10.1. The van der Waals surface area contributed by atoms with Crippen LogP contribution in [0.5, 0.6) is 0 Å². The Morgan fingerprint density at radius 3 is 2.38 bits per heavy atom. The molecule has 1 fully saturated rings. The van der Waals surface area contributed by atoms with Crippen molar-refractivity contribution in [3.63, 3.8) is 0 Å². The van der Waals surface area contributed by atoms with Gasteiger partial charge in [0.15, 0.2) is 0 Å². The van der Waals surface area contributed by atoms with Crippen LogP contribution in [0, 0.1) is 0 Å². The van der Waals surface area contributed by atoms with Crippen molar-refractivity contribution in [3.05, 3.63) is 80.0 Å². The monoisotopic (exact) mass is 393 g/mol. The van der Waals surface area contributed by atoms with E-state index in [1.54, 1.807) is 30.5 Å². The molecule has 1 aliphatic rings. The lowest BCUT2D eigenvalue weighted by molar-refractivity contribution is 0.0948. The molecule has 0 bridgehead atoms. The maximum atomic E-state index is 12.2. The maximum Gasteiger partial charge on any atom is 0.253 e. The van der Waals surface area contributed by atoms with Crippen molar-refractivity contribution in [2.24, 2.45) is 0 Å². The molecule has 7 nitrogen and oxygen atoms in total. The van der Waals surface area contributed by atoms with Gasteiger partial charge in [0.2, 0.25) is 0 Å². The van der Waals surface area contributed by atoms with Crippen molar-refractivity contribution in [2.75, 3.05) is 10.6 Å². The number of furan rings is 1. The Hall–Kier alpha value is -3.35. The van der Waals surface area contributed by atoms with Crippen LogP contribution >= 0.6 is 0 Å². The molecule has 3 N–H and O–H groups in total. The lowest BCUT2D eigenvalue weighted by Crippen LogP contribution is -2.39. The van der Waals surface area contributed by atoms with Crippen molar-refractivity contribution in [1.82, 2.24) is 5.32 Å². The Bertz CT molecular complexity index is 1040. The summed E-state index contributed by atoms with van der Waals surface area (Å²) in [6, 6.07) is 11.0. The van der Waals surface area contributed by atoms with Crippen LogP contribution in [0.2, 0.25) is 0 Å². The molecule has 7 heteroatoms. The minimum Gasteiger partial charge on any atom is -0.467 e. The third-order valence-electron chi connectivity index (χ3n) is 5.30. The quantitative estimate of drug-likeness (QED) is 0.509. The van der Waals surface area contributed by atoms with E-state index >= 15 is 0 Å². The molecule has 1 amide bonds. The van der Waals surface area contributed by atoms with Crippen molar-refractivity contribution >= 4 is 17.3 Å². The van der Waals surface area contributed by atoms with Crippen LogP contribution in [-0.2, 0) is 13.1 Å². The van der Waals surface area contributed by atoms with Crippen LogP contribution in [-0.4, -0.2) is 11.9 Å². The summed E-state index contributed by atoms with van der Waals surface area (Å²) in [6.07, 6.45) is 5.92. The second kappa shape index (κ2) is 8.34. The minimum atomic E-state index is -0.473. The summed E-state index contributed by atoms with van der Waals surface area (Å²) in [4.78, 5) is 36.0. The zero-order chi connectivity index (χ0) is 20.2. The van der Waals surface area contributed by atoms with Gasteiger partial charge in [0.25, 0.3) is 16.8 Å². The van der Waals surface area contributed by atoms with Gasteiger partial charge in [-0.3, -0.25) is 14.4 Å². The van der Waals surface area contributed by atoms with Crippen LogP contribution in [0.25, 0.3) is 0 Å². The normalized spacial score (nSPS) is 14.2.